The van der Waals surface area contributed by atoms with Gasteiger partial charge < -0.3 is 68.5 Å². The second-order valence-electron chi connectivity index (χ2n) is 13.0. The minimum atomic E-state index is -5.63. The summed E-state index contributed by atoms with van der Waals surface area (Å²) in [5.74, 6) is 0.509. The van der Waals surface area contributed by atoms with Gasteiger partial charge in [0.1, 0.15) is 24.2 Å². The molecule has 10 atom stereocenters. The maximum Gasteiger partial charge on any atom is 0.490 e. The number of aliphatic hydroxyl groups is 2. The van der Waals surface area contributed by atoms with E-state index in [1.807, 2.05) is 47.9 Å². The molecule has 2 fully saturated rings. The van der Waals surface area contributed by atoms with Crippen LogP contribution in [0.4, 0.5) is 0 Å². The van der Waals surface area contributed by atoms with Crippen LogP contribution in [0.1, 0.15) is 34.9 Å². The van der Waals surface area contributed by atoms with Crippen LogP contribution in [0.15, 0.2) is 60.6 Å². The quantitative estimate of drug-likeness (QED) is 0.0846. The molecule has 6 rings (SSSR count). The molecule has 6 unspecified atom stereocenters. The van der Waals surface area contributed by atoms with Crippen molar-refractivity contribution < 1.29 is 117 Å². The molecule has 2 aromatic carbocycles. The lowest BCUT2D eigenvalue weighted by Crippen LogP contribution is -2.31. The van der Waals surface area contributed by atoms with Crippen molar-refractivity contribution in [1.29, 1.82) is 0 Å². The molecular weight excluding hydrogens is 980 g/mol. The highest BCUT2D eigenvalue weighted by molar-refractivity contribution is 7.67. The van der Waals surface area contributed by atoms with Crippen LogP contribution in [0.3, 0.4) is 0 Å². The highest BCUT2D eigenvalue weighted by Crippen LogP contribution is 2.67. The largest absolute Gasteiger partial charge is 0.496 e. The lowest BCUT2D eigenvalue weighted by molar-refractivity contribution is -0.0496. The van der Waals surface area contributed by atoms with Gasteiger partial charge in [-0.05, 0) is 46.0 Å². The number of ether oxygens (including phenoxy) is 3. The minimum Gasteiger partial charge on any atom is -0.496 e. The number of hydrogen-bond acceptors (Lipinski definition) is 19. The summed E-state index contributed by atoms with van der Waals surface area (Å²) in [6.45, 7) is 2.54. The van der Waals surface area contributed by atoms with Crippen LogP contribution in [0.2, 0.25) is 0 Å². The Bertz CT molecular complexity index is 2440. The van der Waals surface area contributed by atoms with Crippen LogP contribution in [-0.4, -0.2) is 105 Å². The van der Waals surface area contributed by atoms with Gasteiger partial charge in [-0.25, -0.2) is 27.4 Å². The number of phosphoric acid groups is 6. The molecule has 346 valence electrons. The van der Waals surface area contributed by atoms with Gasteiger partial charge in [0.25, 0.3) is 0 Å². The summed E-state index contributed by atoms with van der Waals surface area (Å²) in [4.78, 5) is 74.1. The van der Waals surface area contributed by atoms with E-state index in [1.165, 1.54) is 18.4 Å². The van der Waals surface area contributed by atoms with Gasteiger partial charge in [-0.2, -0.15) is 17.2 Å². The number of methoxy groups -OCH3 is 1. The highest BCUT2D eigenvalue weighted by Gasteiger charge is 2.45. The maximum absolute atomic E-state index is 11.9. The first-order chi connectivity index (χ1) is 28.5. The Morgan fingerprint density at radius 3 is 1.77 bits per heavy atom. The van der Waals surface area contributed by atoms with Gasteiger partial charge in [-0.3, -0.25) is 9.05 Å². The molecule has 3 aromatic rings. The second kappa shape index (κ2) is 19.9. The van der Waals surface area contributed by atoms with Crippen molar-refractivity contribution in [3.05, 3.63) is 76.6 Å². The Morgan fingerprint density at radius 1 is 0.726 bits per heavy atom. The molecule has 0 radical (unpaired) electrons. The molecule has 33 heteroatoms. The van der Waals surface area contributed by atoms with Gasteiger partial charge in [-0.15, -0.1) is 11.3 Å². The van der Waals surface area contributed by atoms with Crippen molar-refractivity contribution in [3.8, 4) is 5.75 Å². The van der Waals surface area contributed by atoms with Crippen LogP contribution in [0.5, 0.6) is 5.75 Å². The first kappa shape index (κ1) is 51.1. The van der Waals surface area contributed by atoms with E-state index < -0.39 is 96.9 Å². The topological polar surface area (TPSA) is 391 Å². The smallest absolute Gasteiger partial charge is 0.490 e. The van der Waals surface area contributed by atoms with Crippen LogP contribution in [0.25, 0.3) is 22.5 Å². The summed E-state index contributed by atoms with van der Waals surface area (Å²) in [6, 6.07) is 13.1. The number of aliphatic hydroxyl groups excluding tert-OH is 2. The highest BCUT2D eigenvalue weighted by atomic mass is 32.1. The summed E-state index contributed by atoms with van der Waals surface area (Å²) in [5, 5.41) is 24.2. The number of hydrogen-bond donors (Lipinski definition) is 10. The fraction of sp³-hybridized carbons (Fsp3) is 0.379. The Morgan fingerprint density at radius 2 is 1.24 bits per heavy atom. The van der Waals surface area contributed by atoms with Crippen LogP contribution in [0, 0.1) is 0 Å². The molecule has 0 saturated carbocycles. The summed E-state index contributed by atoms with van der Waals surface area (Å²) >= 11 is 1.48. The van der Waals surface area contributed by atoms with Crippen LogP contribution >= 0.6 is 58.3 Å². The summed E-state index contributed by atoms with van der Waals surface area (Å²) in [7, 11) is -31.3. The lowest BCUT2D eigenvalue weighted by Gasteiger charge is -2.31. The Kier molecular flexibility index (Phi) is 16.4. The minimum absolute atomic E-state index is 0.0964. The van der Waals surface area contributed by atoms with Gasteiger partial charge in [-0.1, -0.05) is 30.8 Å². The van der Waals surface area contributed by atoms with E-state index in [9.17, 15) is 52.3 Å². The normalized spacial score (nSPS) is 26.8. The summed E-state index contributed by atoms with van der Waals surface area (Å²) < 4.78 is 108. The average Bonchev–Trinajstić information content (AvgIpc) is 3.85. The Balaban J connectivity index is 0.000000235. The first-order valence-corrected chi connectivity index (χ1v) is 27.0. The molecule has 1 aromatic heterocycles. The molecular formula is C29H39NO25P6S. The zero-order chi connectivity index (χ0) is 46.1. The summed E-state index contributed by atoms with van der Waals surface area (Å²) in [6.07, 6.45) is -2.03. The number of rotatable bonds is 17. The maximum atomic E-state index is 11.9. The zero-order valence-electron chi connectivity index (χ0n) is 31.4. The van der Waals surface area contributed by atoms with E-state index in [0.717, 1.165) is 21.2 Å². The lowest BCUT2D eigenvalue weighted by atomic mass is 9.99. The molecule has 0 amide bonds. The number of phosphoric ester groups is 2. The molecule has 4 heterocycles. The predicted octanol–water partition coefficient (Wildman–Crippen LogP) is 4.21. The molecule has 3 aliphatic rings. The van der Waals surface area contributed by atoms with Crippen LogP contribution < -0.4 is 4.74 Å². The van der Waals surface area contributed by atoms with Crippen molar-refractivity contribution in [2.45, 2.75) is 49.6 Å². The number of thiophene rings is 1. The van der Waals surface area contributed by atoms with Crippen molar-refractivity contribution in [2.75, 3.05) is 20.3 Å². The molecule has 10 N–H and O–H groups in total. The van der Waals surface area contributed by atoms with E-state index >= 15 is 0 Å². The fourth-order valence-corrected chi connectivity index (χ4v) is 13.0. The van der Waals surface area contributed by atoms with E-state index in [0.29, 0.717) is 17.0 Å². The molecule has 26 nitrogen and oxygen atoms in total. The molecule has 62 heavy (non-hydrogen) atoms. The van der Waals surface area contributed by atoms with E-state index in [1.54, 1.807) is 17.2 Å². The molecule has 3 aliphatic heterocycles. The standard InChI is InChI=1S/C16H21O13P3.C13H18NO12P3S/c1-25-14-7-11-5-3-2-4-10(11)6-12(14)15-8-13(17)16(27-15)9-26-31(21,22)29-32(23,24)28-30(18,19)20;1-8-13-9(3-5-30-13)2-4-14(8)12-6-10(15)11(24-12)7-23-28(19,20)26-29(21,22)25-27(16,17)18/h2-7,13,15-17H,8-9H2,1H3,(H,21,22)(H,23,24)(H2,18,19,20);2-5,10-12,15H,1,6-7H2,(H,19,20)(H,21,22)(H2,16,17,18)/t13?,15-,16-;10?,11-,12-/m11/s1. The van der Waals surface area contributed by atoms with Crippen molar-refractivity contribution in [3.63, 3.8) is 0 Å². The van der Waals surface area contributed by atoms with Crippen LogP contribution in [-0.2, 0) is 63.2 Å². The zero-order valence-corrected chi connectivity index (χ0v) is 37.6. The van der Waals surface area contributed by atoms with Gasteiger partial charge in [0.05, 0.1) is 49.2 Å². The second-order valence-corrected chi connectivity index (χ2v) is 22.7. The van der Waals surface area contributed by atoms with Crippen molar-refractivity contribution >= 4 is 80.8 Å². The fourth-order valence-electron chi connectivity index (χ4n) is 6.04. The van der Waals surface area contributed by atoms with Gasteiger partial charge in [0.2, 0.25) is 0 Å². The predicted molar refractivity (Wildman–Crippen MR) is 212 cm³/mol. The van der Waals surface area contributed by atoms with Gasteiger partial charge >= 0.3 is 46.9 Å². The number of fused-ring (bicyclic) bond motifs is 2. The third-order valence-electron chi connectivity index (χ3n) is 8.50. The van der Waals surface area contributed by atoms with Gasteiger partial charge in [0, 0.05) is 24.6 Å². The number of benzene rings is 2. The van der Waals surface area contributed by atoms with Crippen molar-refractivity contribution in [1.82, 2.24) is 4.90 Å². The average molecular weight is 1020 g/mol. The van der Waals surface area contributed by atoms with E-state index in [2.05, 4.69) is 32.9 Å². The third-order valence-corrected chi connectivity index (χ3v) is 17.1. The third kappa shape index (κ3) is 14.6. The SMILES string of the molecule is C=C1c2sccc2C=CN1[C@H]1CC(O)[C@@H](COP(=O)(O)OP(=O)(O)OP(=O)(O)O)O1.COc1cc2ccccc2cc1[C@H]1CC(O)[C@@H](COP(=O)(O)OP(=O)(O)OP(=O)(O)O)O1. The van der Waals surface area contributed by atoms with Gasteiger partial charge in [0.15, 0.2) is 0 Å². The van der Waals surface area contributed by atoms with E-state index in [-0.39, 0.29) is 12.8 Å². The Hall–Kier alpha value is -1.86. The van der Waals surface area contributed by atoms with Crippen molar-refractivity contribution in [2.24, 2.45) is 0 Å². The number of nitrogens with zero attached hydrogens (tertiary/aromatic N) is 1. The molecule has 2 saturated heterocycles. The Labute approximate surface area is 354 Å². The molecule has 0 spiro atoms. The molecule has 0 bridgehead atoms. The monoisotopic (exact) mass is 1020 g/mol. The first-order valence-electron chi connectivity index (χ1n) is 17.1. The summed E-state index contributed by atoms with van der Waals surface area (Å²) in [5.41, 5.74) is 2.27. The van der Waals surface area contributed by atoms with E-state index in [4.69, 9.17) is 38.7 Å². The molecule has 0 aliphatic carbocycles.